The van der Waals surface area contributed by atoms with Crippen LogP contribution in [0.25, 0.3) is 0 Å². The average Bonchev–Trinajstić information content (AvgIpc) is 2.59. The molecule has 2 heterocycles. The van der Waals surface area contributed by atoms with Gasteiger partial charge in [-0.05, 0) is 72.1 Å². The number of hydrogen-bond acceptors (Lipinski definition) is 6. The summed E-state index contributed by atoms with van der Waals surface area (Å²) in [5.74, 6) is 0.120. The average molecular weight is 433 g/mol. The van der Waals surface area contributed by atoms with E-state index < -0.39 is 33.3 Å². The van der Waals surface area contributed by atoms with E-state index in [1.807, 2.05) is 20.8 Å². The number of carbonyl (C=O) groups excluding carboxylic acids is 1. The Labute approximate surface area is 174 Å². The molecule has 1 amide bonds. The number of hydrogen-bond donors (Lipinski definition) is 2. The van der Waals surface area contributed by atoms with Crippen molar-refractivity contribution in [2.75, 3.05) is 18.9 Å². The van der Waals surface area contributed by atoms with Crippen molar-refractivity contribution in [1.29, 1.82) is 0 Å². The summed E-state index contributed by atoms with van der Waals surface area (Å²) < 4.78 is 39.5. The van der Waals surface area contributed by atoms with Gasteiger partial charge in [-0.3, -0.25) is 0 Å². The third-order valence-electron chi connectivity index (χ3n) is 6.19. The van der Waals surface area contributed by atoms with Crippen LogP contribution in [0.15, 0.2) is 0 Å². The summed E-state index contributed by atoms with van der Waals surface area (Å²) in [5.41, 5.74) is -1.33. The molecule has 2 aliphatic heterocycles. The minimum atomic E-state index is -3.38. The van der Waals surface area contributed by atoms with Gasteiger partial charge in [0, 0.05) is 6.54 Å². The number of nitrogens with zero attached hydrogens (tertiary/aromatic N) is 1. The first kappa shape index (κ1) is 22.8. The molecule has 0 aromatic heterocycles. The van der Waals surface area contributed by atoms with Crippen LogP contribution in [0.4, 0.5) is 4.79 Å². The first-order chi connectivity index (χ1) is 13.5. The summed E-state index contributed by atoms with van der Waals surface area (Å²) in [6, 6.07) is -0.409. The predicted molar refractivity (Wildman–Crippen MR) is 109 cm³/mol. The molecule has 3 aliphatic rings. The van der Waals surface area contributed by atoms with Crippen molar-refractivity contribution in [2.24, 2.45) is 0 Å². The van der Waals surface area contributed by atoms with Gasteiger partial charge >= 0.3 is 6.09 Å². The van der Waals surface area contributed by atoms with Crippen molar-refractivity contribution < 1.29 is 27.8 Å². The van der Waals surface area contributed by atoms with Gasteiger partial charge < -0.3 is 19.5 Å². The quantitative estimate of drug-likeness (QED) is 0.708. The Kier molecular flexibility index (Phi) is 6.82. The summed E-state index contributed by atoms with van der Waals surface area (Å²) in [6.45, 7) is 6.27. The monoisotopic (exact) mass is 432 g/mol. The fourth-order valence-electron chi connectivity index (χ4n) is 4.81. The summed E-state index contributed by atoms with van der Waals surface area (Å²) in [7, 11) is -3.38. The molecule has 0 aromatic carbocycles. The van der Waals surface area contributed by atoms with Crippen LogP contribution in [0.2, 0.25) is 0 Å². The number of amides is 1. The molecule has 2 saturated heterocycles. The topological polar surface area (TPSA) is 105 Å². The maximum Gasteiger partial charge on any atom is 0.410 e. The fraction of sp³-hybridized carbons (Fsp3) is 0.950. The van der Waals surface area contributed by atoms with Crippen LogP contribution in [-0.2, 0) is 19.5 Å². The number of rotatable bonds is 3. The molecule has 0 unspecified atom stereocenters. The third-order valence-corrected chi connectivity index (χ3v) is 7.74. The van der Waals surface area contributed by atoms with Crippen molar-refractivity contribution in [3.05, 3.63) is 0 Å². The molecule has 1 saturated carbocycles. The first-order valence-electron chi connectivity index (χ1n) is 10.8. The Bertz CT molecular complexity index is 680. The zero-order valence-corrected chi connectivity index (χ0v) is 18.7. The highest BCUT2D eigenvalue weighted by Crippen LogP contribution is 2.37. The van der Waals surface area contributed by atoms with Gasteiger partial charge in [-0.1, -0.05) is 0 Å². The minimum absolute atomic E-state index is 0.0260. The van der Waals surface area contributed by atoms with Crippen molar-refractivity contribution >= 4 is 16.1 Å². The number of nitrogens with one attached hydrogen (secondary N) is 1. The number of aliphatic hydroxyl groups excluding tert-OH is 1. The van der Waals surface area contributed by atoms with Crippen molar-refractivity contribution in [3.63, 3.8) is 0 Å². The van der Waals surface area contributed by atoms with E-state index in [0.29, 0.717) is 45.1 Å². The number of likely N-dealkylation sites (tertiary alicyclic amines) is 1. The van der Waals surface area contributed by atoms with Gasteiger partial charge in [-0.15, -0.1) is 0 Å². The fourth-order valence-corrected chi connectivity index (χ4v) is 6.40. The summed E-state index contributed by atoms with van der Waals surface area (Å²) in [6.07, 6.45) is 4.97. The molecule has 168 valence electrons. The number of carbonyl (C=O) groups is 1. The van der Waals surface area contributed by atoms with E-state index in [0.717, 1.165) is 12.8 Å². The SMILES string of the molecule is CC(C)(C)OC(=O)N1CCC[C@@]2(CCCS(=O)(=O)N2)[C@@H]1COC1CCC(O)CC1. The molecule has 2 atom stereocenters. The number of aliphatic hydroxyl groups is 1. The second kappa shape index (κ2) is 8.69. The lowest BCUT2D eigenvalue weighted by atomic mass is 9.78. The van der Waals surface area contributed by atoms with Crippen LogP contribution in [0, 0.1) is 0 Å². The van der Waals surface area contributed by atoms with E-state index in [1.165, 1.54) is 0 Å². The Balaban J connectivity index is 1.79. The van der Waals surface area contributed by atoms with Crippen LogP contribution in [0.1, 0.15) is 72.1 Å². The maximum absolute atomic E-state index is 12.9. The molecular weight excluding hydrogens is 396 g/mol. The van der Waals surface area contributed by atoms with Crippen molar-refractivity contribution in [3.8, 4) is 0 Å². The second-order valence-corrected chi connectivity index (χ2v) is 11.6. The number of piperidine rings is 1. The molecule has 3 rings (SSSR count). The summed E-state index contributed by atoms with van der Waals surface area (Å²) >= 11 is 0. The highest BCUT2D eigenvalue weighted by molar-refractivity contribution is 7.89. The van der Waals surface area contributed by atoms with Crippen LogP contribution >= 0.6 is 0 Å². The molecule has 1 aliphatic carbocycles. The Hall–Kier alpha value is -0.900. The lowest BCUT2D eigenvalue weighted by Crippen LogP contribution is -2.69. The van der Waals surface area contributed by atoms with E-state index in [2.05, 4.69) is 4.72 Å². The largest absolute Gasteiger partial charge is 0.444 e. The first-order valence-corrected chi connectivity index (χ1v) is 12.5. The molecular formula is C20H36N2O6S. The van der Waals surface area contributed by atoms with Gasteiger partial charge in [0.05, 0.1) is 36.1 Å². The van der Waals surface area contributed by atoms with E-state index in [-0.39, 0.29) is 24.6 Å². The van der Waals surface area contributed by atoms with E-state index in [9.17, 15) is 18.3 Å². The Morgan fingerprint density at radius 3 is 2.45 bits per heavy atom. The normalized spacial score (nSPS) is 35.4. The molecule has 0 bridgehead atoms. The van der Waals surface area contributed by atoms with E-state index in [1.54, 1.807) is 4.90 Å². The molecule has 9 heteroatoms. The van der Waals surface area contributed by atoms with Crippen LogP contribution in [-0.4, -0.2) is 72.8 Å². The van der Waals surface area contributed by atoms with Crippen molar-refractivity contribution in [1.82, 2.24) is 9.62 Å². The van der Waals surface area contributed by atoms with Crippen LogP contribution in [0.3, 0.4) is 0 Å². The Morgan fingerprint density at radius 2 is 1.83 bits per heavy atom. The number of sulfonamides is 1. The van der Waals surface area contributed by atoms with Gasteiger partial charge in [-0.25, -0.2) is 17.9 Å². The number of ether oxygens (including phenoxy) is 2. The standard InChI is InChI=1S/C20H36N2O6S/c1-19(2,3)28-18(24)22-12-4-10-20(11-5-13-29(25,26)21-20)17(22)14-27-16-8-6-15(23)7-9-16/h15-17,21,23H,4-14H2,1-3H3/t15?,16?,17-,20+/m0/s1. The van der Waals surface area contributed by atoms with Crippen LogP contribution in [0.5, 0.6) is 0 Å². The second-order valence-electron chi connectivity index (χ2n) is 9.74. The molecule has 2 N–H and O–H groups in total. The molecule has 0 radical (unpaired) electrons. The van der Waals surface area contributed by atoms with E-state index in [4.69, 9.17) is 9.47 Å². The van der Waals surface area contributed by atoms with E-state index >= 15 is 0 Å². The van der Waals surface area contributed by atoms with Crippen LogP contribution < -0.4 is 4.72 Å². The molecule has 3 fully saturated rings. The molecule has 1 spiro atoms. The maximum atomic E-state index is 12.9. The highest BCUT2D eigenvalue weighted by Gasteiger charge is 2.51. The lowest BCUT2D eigenvalue weighted by Gasteiger charge is -2.51. The smallest absolute Gasteiger partial charge is 0.410 e. The Morgan fingerprint density at radius 1 is 1.17 bits per heavy atom. The van der Waals surface area contributed by atoms with Gasteiger partial charge in [-0.2, -0.15) is 0 Å². The zero-order chi connectivity index (χ0) is 21.3. The zero-order valence-electron chi connectivity index (χ0n) is 17.9. The van der Waals surface area contributed by atoms with Gasteiger partial charge in [0.1, 0.15) is 5.60 Å². The summed E-state index contributed by atoms with van der Waals surface area (Å²) in [4.78, 5) is 14.6. The van der Waals surface area contributed by atoms with Gasteiger partial charge in [0.25, 0.3) is 0 Å². The predicted octanol–water partition coefficient (Wildman–Crippen LogP) is 2.16. The summed E-state index contributed by atoms with van der Waals surface area (Å²) in [5, 5.41) is 9.72. The minimum Gasteiger partial charge on any atom is -0.444 e. The molecule has 8 nitrogen and oxygen atoms in total. The lowest BCUT2D eigenvalue weighted by molar-refractivity contribution is -0.0649. The molecule has 29 heavy (non-hydrogen) atoms. The van der Waals surface area contributed by atoms with Gasteiger partial charge in [0.15, 0.2) is 0 Å². The van der Waals surface area contributed by atoms with Gasteiger partial charge in [0.2, 0.25) is 10.0 Å². The molecule has 0 aromatic rings. The highest BCUT2D eigenvalue weighted by atomic mass is 32.2. The van der Waals surface area contributed by atoms with Crippen molar-refractivity contribution in [2.45, 2.75) is 102 Å². The third kappa shape index (κ3) is 5.83.